The van der Waals surface area contributed by atoms with Gasteiger partial charge < -0.3 is 14.2 Å². The van der Waals surface area contributed by atoms with Crippen LogP contribution < -0.4 is 10.9 Å². The molecule has 0 saturated carbocycles. The van der Waals surface area contributed by atoms with E-state index in [4.69, 9.17) is 8.83 Å². The van der Waals surface area contributed by atoms with Gasteiger partial charge in [0.25, 0.3) is 0 Å². The second-order valence-corrected chi connectivity index (χ2v) is 7.57. The van der Waals surface area contributed by atoms with Crippen LogP contribution in [-0.2, 0) is 17.8 Å². The average molecular weight is 407 g/mol. The van der Waals surface area contributed by atoms with Gasteiger partial charge in [-0.1, -0.05) is 12.1 Å². The lowest BCUT2D eigenvalue weighted by atomic mass is 9.98. The lowest BCUT2D eigenvalue weighted by Crippen LogP contribution is -2.24. The molecule has 0 aliphatic heterocycles. The first kappa shape index (κ1) is 19.9. The molecule has 2 aromatic heterocycles. The molecule has 1 amide bonds. The minimum atomic E-state index is -0.433. The van der Waals surface area contributed by atoms with Gasteiger partial charge >= 0.3 is 5.63 Å². The number of amides is 1. The molecule has 0 radical (unpaired) electrons. The van der Waals surface area contributed by atoms with Gasteiger partial charge in [0, 0.05) is 34.9 Å². The van der Waals surface area contributed by atoms with Crippen LogP contribution >= 0.6 is 0 Å². The molecule has 0 fully saturated rings. The van der Waals surface area contributed by atoms with E-state index in [9.17, 15) is 14.0 Å². The minimum absolute atomic E-state index is 0.157. The predicted octanol–water partition coefficient (Wildman–Crippen LogP) is 4.85. The molecule has 0 bridgehead atoms. The Hall–Kier alpha value is -3.41. The summed E-state index contributed by atoms with van der Waals surface area (Å²) in [5.41, 5.74) is 4.73. The van der Waals surface area contributed by atoms with E-state index in [1.165, 1.54) is 12.1 Å². The second-order valence-electron chi connectivity index (χ2n) is 7.57. The smallest absolute Gasteiger partial charge is 0.339 e. The number of benzene rings is 2. The summed E-state index contributed by atoms with van der Waals surface area (Å²) in [7, 11) is 0. The van der Waals surface area contributed by atoms with E-state index in [1.54, 1.807) is 18.4 Å². The number of halogens is 1. The number of hydrogen-bond donors (Lipinski definition) is 1. The van der Waals surface area contributed by atoms with Gasteiger partial charge in [0.15, 0.2) is 0 Å². The van der Waals surface area contributed by atoms with Crippen LogP contribution in [0.15, 0.2) is 50.2 Å². The molecule has 0 aliphatic rings. The third-order valence-corrected chi connectivity index (χ3v) is 5.54. The first-order valence-electron chi connectivity index (χ1n) is 9.80. The molecule has 2 aromatic carbocycles. The van der Waals surface area contributed by atoms with Crippen LogP contribution in [0, 0.1) is 26.6 Å². The maximum atomic E-state index is 13.0. The number of carbonyl (C=O) groups is 1. The SMILES string of the molecule is Cc1coc2c(C)c3oc(=O)c(CCC(=O)NCc4ccc(F)cc4)c(C)c3cc12. The molecule has 154 valence electrons. The van der Waals surface area contributed by atoms with E-state index >= 15 is 0 Å². The van der Waals surface area contributed by atoms with Gasteiger partial charge in [-0.3, -0.25) is 4.79 Å². The van der Waals surface area contributed by atoms with Gasteiger partial charge in [0.1, 0.15) is 17.0 Å². The molecule has 0 aliphatic carbocycles. The third kappa shape index (κ3) is 3.61. The highest BCUT2D eigenvalue weighted by Gasteiger charge is 2.18. The normalized spacial score (nSPS) is 11.3. The first-order valence-corrected chi connectivity index (χ1v) is 9.80. The summed E-state index contributed by atoms with van der Waals surface area (Å²) in [5, 5.41) is 4.63. The van der Waals surface area contributed by atoms with Gasteiger partial charge in [-0.05, 0) is 62.1 Å². The number of nitrogens with one attached hydrogen (secondary N) is 1. The maximum absolute atomic E-state index is 13.0. The van der Waals surface area contributed by atoms with Crippen LogP contribution in [0.1, 0.15) is 34.2 Å². The summed E-state index contributed by atoms with van der Waals surface area (Å²) in [6, 6.07) is 7.93. The largest absolute Gasteiger partial charge is 0.464 e. The minimum Gasteiger partial charge on any atom is -0.464 e. The number of rotatable bonds is 5. The Kier molecular flexibility index (Phi) is 5.16. The maximum Gasteiger partial charge on any atom is 0.339 e. The highest BCUT2D eigenvalue weighted by molar-refractivity contribution is 5.99. The van der Waals surface area contributed by atoms with E-state index in [-0.39, 0.29) is 24.6 Å². The van der Waals surface area contributed by atoms with Gasteiger partial charge in [0.2, 0.25) is 5.91 Å². The summed E-state index contributed by atoms with van der Waals surface area (Å²) in [4.78, 5) is 24.9. The van der Waals surface area contributed by atoms with Crippen LogP contribution in [-0.4, -0.2) is 5.91 Å². The van der Waals surface area contributed by atoms with Crippen molar-refractivity contribution in [2.45, 2.75) is 40.2 Å². The van der Waals surface area contributed by atoms with Gasteiger partial charge in [-0.25, -0.2) is 9.18 Å². The van der Waals surface area contributed by atoms with Crippen LogP contribution in [0.4, 0.5) is 4.39 Å². The Morgan fingerprint density at radius 1 is 1.03 bits per heavy atom. The van der Waals surface area contributed by atoms with Gasteiger partial charge in [-0.2, -0.15) is 0 Å². The van der Waals surface area contributed by atoms with Gasteiger partial charge in [0.05, 0.1) is 6.26 Å². The fraction of sp³-hybridized carbons (Fsp3) is 0.250. The van der Waals surface area contributed by atoms with Crippen LogP contribution in [0.3, 0.4) is 0 Å². The summed E-state index contributed by atoms with van der Waals surface area (Å²) in [5.74, 6) is -0.503. The average Bonchev–Trinajstić information content (AvgIpc) is 3.09. The van der Waals surface area contributed by atoms with Crippen molar-refractivity contribution in [2.75, 3.05) is 0 Å². The molecule has 30 heavy (non-hydrogen) atoms. The van der Waals surface area contributed by atoms with E-state index < -0.39 is 5.63 Å². The van der Waals surface area contributed by atoms with E-state index in [1.807, 2.05) is 26.8 Å². The lowest BCUT2D eigenvalue weighted by molar-refractivity contribution is -0.121. The molecular formula is C24H22FNO4. The molecule has 2 heterocycles. The van der Waals surface area contributed by atoms with Crippen LogP contribution in [0.2, 0.25) is 0 Å². The molecule has 0 saturated heterocycles. The molecule has 4 rings (SSSR count). The highest BCUT2D eigenvalue weighted by Crippen LogP contribution is 2.32. The molecule has 1 N–H and O–H groups in total. The van der Waals surface area contributed by atoms with Crippen molar-refractivity contribution in [2.24, 2.45) is 0 Å². The van der Waals surface area contributed by atoms with Gasteiger partial charge in [-0.15, -0.1) is 0 Å². The van der Waals surface area contributed by atoms with Crippen molar-refractivity contribution >= 4 is 27.8 Å². The zero-order chi connectivity index (χ0) is 21.4. The highest BCUT2D eigenvalue weighted by atomic mass is 19.1. The molecule has 0 unspecified atom stereocenters. The van der Waals surface area contributed by atoms with Crippen molar-refractivity contribution in [3.05, 3.63) is 80.6 Å². The monoisotopic (exact) mass is 407 g/mol. The Balaban J connectivity index is 1.55. The number of aryl methyl sites for hydroxylation is 3. The van der Waals surface area contributed by atoms with E-state index in [0.717, 1.165) is 38.6 Å². The number of furan rings is 1. The molecule has 5 nitrogen and oxygen atoms in total. The Bertz CT molecular complexity index is 1320. The predicted molar refractivity (Wildman–Crippen MR) is 113 cm³/mol. The second kappa shape index (κ2) is 7.78. The lowest BCUT2D eigenvalue weighted by Gasteiger charge is -2.10. The standard InChI is InChI=1S/C24H22FNO4/c1-13-12-29-22-15(3)23-20(10-19(13)22)14(2)18(24(28)30-23)8-9-21(27)26-11-16-4-6-17(25)7-5-16/h4-7,10,12H,8-9,11H2,1-3H3,(H,26,27). The molecule has 4 aromatic rings. The quantitative estimate of drug-likeness (QED) is 0.480. The zero-order valence-electron chi connectivity index (χ0n) is 17.1. The topological polar surface area (TPSA) is 72.5 Å². The van der Waals surface area contributed by atoms with Crippen molar-refractivity contribution in [3.8, 4) is 0 Å². The molecule has 0 spiro atoms. The summed E-state index contributed by atoms with van der Waals surface area (Å²) < 4.78 is 24.2. The number of carbonyl (C=O) groups excluding carboxylic acids is 1. The third-order valence-electron chi connectivity index (χ3n) is 5.54. The van der Waals surface area contributed by atoms with Crippen molar-refractivity contribution in [1.29, 1.82) is 0 Å². The van der Waals surface area contributed by atoms with Crippen LogP contribution in [0.25, 0.3) is 21.9 Å². The Morgan fingerprint density at radius 3 is 2.50 bits per heavy atom. The number of fused-ring (bicyclic) bond motifs is 2. The van der Waals surface area contributed by atoms with Crippen LogP contribution in [0.5, 0.6) is 0 Å². The Labute approximate surface area is 172 Å². The van der Waals surface area contributed by atoms with Crippen molar-refractivity contribution in [3.63, 3.8) is 0 Å². The summed E-state index contributed by atoms with van der Waals surface area (Å²) >= 11 is 0. The van der Waals surface area contributed by atoms with E-state index in [0.29, 0.717) is 17.7 Å². The molecule has 0 atom stereocenters. The van der Waals surface area contributed by atoms with Crippen molar-refractivity contribution in [1.82, 2.24) is 5.32 Å². The molecule has 6 heteroatoms. The summed E-state index contributed by atoms with van der Waals surface area (Å²) in [6.07, 6.45) is 2.13. The zero-order valence-corrected chi connectivity index (χ0v) is 17.1. The fourth-order valence-corrected chi connectivity index (χ4v) is 3.74. The fourth-order valence-electron chi connectivity index (χ4n) is 3.74. The summed E-state index contributed by atoms with van der Waals surface area (Å²) in [6.45, 7) is 6.03. The van der Waals surface area contributed by atoms with E-state index in [2.05, 4.69) is 5.32 Å². The number of hydrogen-bond acceptors (Lipinski definition) is 4. The Morgan fingerprint density at radius 2 is 1.77 bits per heavy atom. The molecular weight excluding hydrogens is 385 g/mol. The van der Waals surface area contributed by atoms with Crippen molar-refractivity contribution < 1.29 is 18.0 Å². The first-order chi connectivity index (χ1) is 14.3.